The number of Topliss-reactive ketones (excluding diaryl/α,β-unsaturated/α-hetero) is 1. The van der Waals surface area contributed by atoms with E-state index in [0.29, 0.717) is 6.54 Å². The third-order valence-corrected chi connectivity index (χ3v) is 12.1. The van der Waals surface area contributed by atoms with Crippen LogP contribution in [0.25, 0.3) is 17.0 Å². The number of likely N-dealkylation sites (tertiary alicyclic amines) is 1. The highest BCUT2D eigenvalue weighted by molar-refractivity contribution is 6.20. The molecule has 1 fully saturated rings. The van der Waals surface area contributed by atoms with Gasteiger partial charge in [-0.15, -0.1) is 0 Å². The van der Waals surface area contributed by atoms with Crippen LogP contribution in [0.3, 0.4) is 0 Å². The van der Waals surface area contributed by atoms with Crippen molar-refractivity contribution in [2.24, 2.45) is 28.7 Å². The number of aliphatic hydroxyl groups is 2. The van der Waals surface area contributed by atoms with Crippen LogP contribution in [0.15, 0.2) is 41.1 Å². The zero-order chi connectivity index (χ0) is 44.4. The lowest BCUT2D eigenvalue weighted by molar-refractivity contribution is -0.160. The Bertz CT molecular complexity index is 2200. The van der Waals surface area contributed by atoms with Crippen LogP contribution in [0.4, 0.5) is 0 Å². The van der Waals surface area contributed by atoms with E-state index in [1.807, 2.05) is 0 Å². The molecule has 0 radical (unpaired) electrons. The maximum absolute atomic E-state index is 14.4. The van der Waals surface area contributed by atoms with Crippen molar-refractivity contribution < 1.29 is 64.1 Å². The number of phenolic OH excluding ortho intramolecular Hbond substituents is 3. The maximum Gasteiger partial charge on any atom is 0.312 e. The van der Waals surface area contributed by atoms with Gasteiger partial charge in [-0.3, -0.25) is 24.7 Å². The summed E-state index contributed by atoms with van der Waals surface area (Å²) in [5.41, 5.74) is -0.153. The van der Waals surface area contributed by atoms with Gasteiger partial charge < -0.3 is 49.4 Å². The van der Waals surface area contributed by atoms with Crippen molar-refractivity contribution in [1.29, 1.82) is 0 Å². The third kappa shape index (κ3) is 9.17. The lowest BCUT2D eigenvalue weighted by Crippen LogP contribution is -2.46. The number of ether oxygens (including phenoxy) is 4. The summed E-state index contributed by atoms with van der Waals surface area (Å²) in [6.07, 6.45) is 6.46. The topological polar surface area (TPSA) is 228 Å². The molecule has 5 bridgehead atoms. The third-order valence-electron chi connectivity index (χ3n) is 12.1. The van der Waals surface area contributed by atoms with E-state index in [-0.39, 0.29) is 45.0 Å². The summed E-state index contributed by atoms with van der Waals surface area (Å²) in [4.78, 5) is 46.8. The first kappa shape index (κ1) is 46.1. The Morgan fingerprint density at radius 1 is 0.983 bits per heavy atom. The second kappa shape index (κ2) is 18.7. The van der Waals surface area contributed by atoms with Gasteiger partial charge in [0, 0.05) is 73.9 Å². The fraction of sp³-hybridized carbons (Fsp3) is 0.545. The Hall–Kier alpha value is -5.00. The van der Waals surface area contributed by atoms with E-state index in [9.17, 15) is 45.1 Å². The number of hydrogen-bond donors (Lipinski definition) is 6. The number of rotatable bonds is 6. The lowest BCUT2D eigenvalue weighted by Gasteiger charge is -2.38. The zero-order valence-corrected chi connectivity index (χ0v) is 35.7. The molecule has 6 N–H and O–H groups in total. The molecular weight excluding hydrogens is 778 g/mol. The van der Waals surface area contributed by atoms with Crippen LogP contribution < -0.4 is 15.3 Å². The number of aliphatic hydroxyl groups excluding tert-OH is 2. The first-order valence-corrected chi connectivity index (χ1v) is 20.3. The first-order chi connectivity index (χ1) is 28.2. The van der Waals surface area contributed by atoms with Crippen molar-refractivity contribution in [2.75, 3.05) is 33.3 Å². The van der Waals surface area contributed by atoms with Gasteiger partial charge in [0.2, 0.25) is 0 Å². The number of nitrogens with zero attached hydrogens (tertiary/aromatic N) is 3. The lowest BCUT2D eigenvalue weighted by atomic mass is 9.78. The highest BCUT2D eigenvalue weighted by atomic mass is 16.7. The molecule has 1 amide bonds. The molecule has 6 rings (SSSR count). The zero-order valence-electron chi connectivity index (χ0n) is 35.7. The van der Waals surface area contributed by atoms with Crippen LogP contribution in [-0.2, 0) is 23.8 Å². The summed E-state index contributed by atoms with van der Waals surface area (Å²) in [6.45, 7) is 14.6. The fourth-order valence-corrected chi connectivity index (χ4v) is 8.28. The second-order valence-electron chi connectivity index (χ2n) is 16.4. The van der Waals surface area contributed by atoms with Crippen LogP contribution in [-0.4, -0.2) is 122 Å². The molecule has 16 nitrogen and oxygen atoms in total. The van der Waals surface area contributed by atoms with Gasteiger partial charge in [0.05, 0.1) is 47.3 Å². The number of hydrogen-bond acceptors (Lipinski definition) is 15. The highest BCUT2D eigenvalue weighted by Gasteiger charge is 2.49. The van der Waals surface area contributed by atoms with Gasteiger partial charge in [-0.2, -0.15) is 0 Å². The van der Waals surface area contributed by atoms with Gasteiger partial charge >= 0.3 is 11.8 Å². The smallest absolute Gasteiger partial charge is 0.312 e. The number of amides is 1. The Balaban J connectivity index is 1.74. The summed E-state index contributed by atoms with van der Waals surface area (Å²) < 4.78 is 23.5. The number of benzene rings is 2. The highest BCUT2D eigenvalue weighted by Crippen LogP contribution is 2.50. The number of carbonyl (C=O) groups excluding carboxylic acids is 3. The minimum absolute atomic E-state index is 0.0117. The summed E-state index contributed by atoms with van der Waals surface area (Å²) in [7, 11) is 1.42. The Morgan fingerprint density at radius 3 is 2.28 bits per heavy atom. The Labute approximate surface area is 349 Å². The Morgan fingerprint density at radius 2 is 1.65 bits per heavy atom. The summed E-state index contributed by atoms with van der Waals surface area (Å²) >= 11 is 0. The minimum Gasteiger partial charge on any atom is -0.507 e. The van der Waals surface area contributed by atoms with Crippen molar-refractivity contribution in [3.8, 4) is 23.0 Å². The quantitative estimate of drug-likeness (QED) is 0.139. The van der Waals surface area contributed by atoms with Crippen molar-refractivity contribution in [2.45, 2.75) is 98.4 Å². The number of methoxy groups -OCH3 is 1. The molecule has 0 saturated carbocycles. The fourth-order valence-electron chi connectivity index (χ4n) is 8.28. The van der Waals surface area contributed by atoms with Crippen LogP contribution in [0.2, 0.25) is 0 Å². The first-order valence-electron chi connectivity index (χ1n) is 20.3. The van der Waals surface area contributed by atoms with Gasteiger partial charge in [-0.05, 0) is 45.9 Å². The predicted molar refractivity (Wildman–Crippen MR) is 220 cm³/mol. The standard InChI is InChI=1S/C44H59N3O13/c1-22-13-12-14-23(2)43(55)45-34-29(21-47(56)19-18-46-16-10-11-17-46)38(52)31-32(39(34)53)37(51)27(6)41-33(31)42(54)44(8,60-41)58-20-15-30(57-9)24(3)40(59-28(7)48)26(5)36(50)25(4)35(22)49/h12-15,20-22,24-26,30,35-36,40,49-53,56H,10-11,16-19H2,1-9H3/b13-12+,20-15+,23-14?,29-21-,45-34?. The second-order valence-corrected chi connectivity index (χ2v) is 16.4. The van der Waals surface area contributed by atoms with Crippen LogP contribution in [0.5, 0.6) is 23.0 Å². The largest absolute Gasteiger partial charge is 0.507 e. The van der Waals surface area contributed by atoms with E-state index < -0.39 is 94.1 Å². The summed E-state index contributed by atoms with van der Waals surface area (Å²) in [5, 5.41) is 68.7. The molecule has 1 saturated heterocycles. The van der Waals surface area contributed by atoms with E-state index in [4.69, 9.17) is 18.9 Å². The molecule has 4 aliphatic rings. The molecule has 4 aliphatic heterocycles. The monoisotopic (exact) mass is 837 g/mol. The maximum atomic E-state index is 14.4. The molecule has 0 aromatic heterocycles. The number of esters is 1. The molecular formula is C44H59N3O13. The van der Waals surface area contributed by atoms with E-state index in [1.54, 1.807) is 39.8 Å². The molecule has 9 atom stereocenters. The van der Waals surface area contributed by atoms with Crippen LogP contribution >= 0.6 is 0 Å². The number of hydroxylamine groups is 2. The molecule has 9 unspecified atom stereocenters. The van der Waals surface area contributed by atoms with Gasteiger partial charge in [0.25, 0.3) is 11.7 Å². The van der Waals surface area contributed by atoms with Crippen LogP contribution in [0, 0.1) is 30.6 Å². The average Bonchev–Trinajstić information content (AvgIpc) is 3.83. The van der Waals surface area contributed by atoms with Gasteiger partial charge in [-0.25, -0.2) is 4.99 Å². The van der Waals surface area contributed by atoms with Crippen LogP contribution in [0.1, 0.15) is 77.2 Å². The van der Waals surface area contributed by atoms with Gasteiger partial charge in [0.1, 0.15) is 28.7 Å². The number of ketones is 1. The minimum atomic E-state index is -2.08. The van der Waals surface area contributed by atoms with Gasteiger partial charge in [-0.1, -0.05) is 45.9 Å². The van der Waals surface area contributed by atoms with Crippen molar-refractivity contribution in [1.82, 2.24) is 9.96 Å². The van der Waals surface area contributed by atoms with E-state index in [2.05, 4.69) is 9.89 Å². The van der Waals surface area contributed by atoms with E-state index >= 15 is 0 Å². The van der Waals surface area contributed by atoms with E-state index in [0.717, 1.165) is 37.2 Å². The summed E-state index contributed by atoms with van der Waals surface area (Å²) in [5.74, 6) is -9.05. The van der Waals surface area contributed by atoms with Crippen molar-refractivity contribution in [3.05, 3.63) is 57.8 Å². The van der Waals surface area contributed by atoms with Gasteiger partial charge in [0.15, 0.2) is 5.75 Å². The molecule has 2 aromatic carbocycles. The average molecular weight is 838 g/mol. The molecule has 0 aliphatic carbocycles. The predicted octanol–water partition coefficient (Wildman–Crippen LogP) is 3.49. The normalized spacial score (nSPS) is 30.8. The molecule has 0 spiro atoms. The molecule has 4 heterocycles. The van der Waals surface area contributed by atoms with Crippen molar-refractivity contribution in [3.63, 3.8) is 0 Å². The molecule has 328 valence electrons. The van der Waals surface area contributed by atoms with Crippen molar-refractivity contribution >= 4 is 34.6 Å². The molecule has 16 heteroatoms. The number of phenols is 3. The number of fused-ring (bicyclic) bond motifs is 14. The number of aromatic hydroxyl groups is 3. The number of carbonyl (C=O) groups is 3. The van der Waals surface area contributed by atoms with E-state index in [1.165, 1.54) is 53.2 Å². The Kier molecular flexibility index (Phi) is 14.4. The molecule has 60 heavy (non-hydrogen) atoms. The number of allylic oxidation sites excluding steroid dienone is 2. The molecule has 2 aromatic rings. The SMILES string of the molecule is COC1/C=C/OC2(C)Oc3c(C)c(O)c4c(O)c(/c(=C/N(O)CCN5CCCC5)c(O)c4c3C2=O)=NC(=O)C(C)=C/C=C/C(C)C(O)C(C)C(O)C(C)C(OC(C)=O)C1C. The summed E-state index contributed by atoms with van der Waals surface area (Å²) in [6, 6.07) is 0.